The first kappa shape index (κ1) is 16.3. The maximum absolute atomic E-state index is 11.9. The number of ether oxygens (including phenoxy) is 1. The number of imidazole rings is 1. The first-order valence-corrected chi connectivity index (χ1v) is 7.96. The van der Waals surface area contributed by atoms with Crippen molar-refractivity contribution in [3.8, 4) is 0 Å². The first-order valence-electron chi connectivity index (χ1n) is 6.89. The van der Waals surface area contributed by atoms with Crippen LogP contribution < -0.4 is 11.1 Å². The van der Waals surface area contributed by atoms with Gasteiger partial charge in [0.1, 0.15) is 17.7 Å². The summed E-state index contributed by atoms with van der Waals surface area (Å²) < 4.78 is 7.38. The van der Waals surface area contributed by atoms with Crippen LogP contribution in [-0.4, -0.2) is 60.5 Å². The summed E-state index contributed by atoms with van der Waals surface area (Å²) in [5, 5.41) is 22.9. The molecular weight excluding hydrogens is 419 g/mol. The molecule has 1 saturated heterocycles. The highest BCUT2D eigenvalue weighted by atomic mass is 127. The van der Waals surface area contributed by atoms with Crippen molar-refractivity contribution in [2.75, 3.05) is 12.3 Å². The van der Waals surface area contributed by atoms with E-state index in [-0.39, 0.29) is 5.82 Å². The number of hydrogen-bond donors (Lipinski definition) is 4. The van der Waals surface area contributed by atoms with Gasteiger partial charge in [-0.25, -0.2) is 15.0 Å². The van der Waals surface area contributed by atoms with Gasteiger partial charge in [-0.3, -0.25) is 9.36 Å². The minimum Gasteiger partial charge on any atom is -0.387 e. The number of nitrogens with zero attached hydrogens (tertiary/aromatic N) is 4. The predicted molar refractivity (Wildman–Crippen MR) is 87.1 cm³/mol. The largest absolute Gasteiger partial charge is 0.387 e. The first-order chi connectivity index (χ1) is 10.9. The number of anilines is 1. The Balaban J connectivity index is 1.98. The average molecular weight is 434 g/mol. The van der Waals surface area contributed by atoms with E-state index in [1.807, 2.05) is 22.6 Å². The molecule has 0 bridgehead atoms. The number of nitrogen functional groups attached to an aromatic ring is 1. The van der Waals surface area contributed by atoms with E-state index in [9.17, 15) is 15.0 Å². The van der Waals surface area contributed by atoms with E-state index >= 15 is 0 Å². The van der Waals surface area contributed by atoms with Gasteiger partial charge in [0.2, 0.25) is 0 Å². The third-order valence-corrected chi connectivity index (χ3v) is 4.03. The van der Waals surface area contributed by atoms with E-state index in [0.29, 0.717) is 21.5 Å². The topological polar surface area (TPSA) is 148 Å². The van der Waals surface area contributed by atoms with E-state index in [1.54, 1.807) is 6.92 Å². The molecule has 1 aliphatic rings. The van der Waals surface area contributed by atoms with Gasteiger partial charge in [0.15, 0.2) is 27.6 Å². The number of aliphatic hydroxyl groups excluding tert-OH is 2. The quantitative estimate of drug-likeness (QED) is 0.347. The highest BCUT2D eigenvalue weighted by Gasteiger charge is 2.47. The molecule has 4 atom stereocenters. The molecule has 3 rings (SSSR count). The lowest BCUT2D eigenvalue weighted by Crippen LogP contribution is -2.42. The summed E-state index contributed by atoms with van der Waals surface area (Å²) in [6, 6.07) is 0. The summed E-state index contributed by atoms with van der Waals surface area (Å²) in [6.45, 7) is 2.14. The minimum atomic E-state index is -1.36. The average Bonchev–Trinajstić information content (AvgIpc) is 3.02. The number of nitrogens with one attached hydrogen (secondary N) is 1. The number of amides is 1. The van der Waals surface area contributed by atoms with Crippen LogP contribution in [0.2, 0.25) is 0 Å². The maximum Gasteiger partial charge on any atom is 0.252 e. The van der Waals surface area contributed by atoms with Crippen molar-refractivity contribution in [2.45, 2.75) is 31.5 Å². The second kappa shape index (κ2) is 6.14. The van der Waals surface area contributed by atoms with Gasteiger partial charge in [0, 0.05) is 29.1 Å². The smallest absolute Gasteiger partial charge is 0.252 e. The van der Waals surface area contributed by atoms with E-state index in [4.69, 9.17) is 10.5 Å². The van der Waals surface area contributed by atoms with E-state index in [2.05, 4.69) is 20.3 Å². The van der Waals surface area contributed by atoms with Crippen LogP contribution >= 0.6 is 22.6 Å². The van der Waals surface area contributed by atoms with Crippen molar-refractivity contribution in [3.63, 3.8) is 0 Å². The fourth-order valence-corrected chi connectivity index (χ4v) is 2.97. The van der Waals surface area contributed by atoms with Crippen LogP contribution in [0.3, 0.4) is 0 Å². The lowest BCUT2D eigenvalue weighted by atomic mass is 10.1. The number of nitrogens with two attached hydrogens (primary N) is 1. The molecule has 0 spiro atoms. The number of rotatable bonds is 3. The summed E-state index contributed by atoms with van der Waals surface area (Å²) in [4.78, 5) is 24.2. The Hall–Kier alpha value is -1.57. The number of hydrogen-bond acceptors (Lipinski definition) is 8. The zero-order chi connectivity index (χ0) is 16.7. The van der Waals surface area contributed by atoms with Crippen LogP contribution in [0.4, 0.5) is 5.82 Å². The number of aliphatic hydroxyl groups is 2. The van der Waals surface area contributed by atoms with E-state index in [1.165, 1.54) is 10.9 Å². The number of likely N-dealkylation sites (N-methyl/N-ethyl adjacent to an activating group) is 1. The van der Waals surface area contributed by atoms with Crippen LogP contribution in [0.15, 0.2) is 6.33 Å². The van der Waals surface area contributed by atoms with Gasteiger partial charge in [-0.15, -0.1) is 0 Å². The van der Waals surface area contributed by atoms with Crippen LogP contribution in [0.5, 0.6) is 0 Å². The summed E-state index contributed by atoms with van der Waals surface area (Å²) in [7, 11) is 0. The second-order valence-corrected chi connectivity index (χ2v) is 5.99. The van der Waals surface area contributed by atoms with Gasteiger partial charge in [-0.2, -0.15) is 0 Å². The number of fused-ring (bicyclic) bond motifs is 1. The summed E-state index contributed by atoms with van der Waals surface area (Å²) in [6.07, 6.45) is -3.47. The Bertz CT molecular complexity index is 752. The fraction of sp³-hybridized carbons (Fsp3) is 0.500. The lowest BCUT2D eigenvalue weighted by Gasteiger charge is -2.16. The third kappa shape index (κ3) is 2.73. The maximum atomic E-state index is 11.9. The molecule has 0 aromatic carbocycles. The molecule has 5 N–H and O–H groups in total. The number of aromatic nitrogens is 4. The van der Waals surface area contributed by atoms with Crippen molar-refractivity contribution >= 4 is 45.5 Å². The van der Waals surface area contributed by atoms with Crippen molar-refractivity contribution < 1.29 is 19.7 Å². The van der Waals surface area contributed by atoms with Gasteiger partial charge in [-0.05, 0) is 6.92 Å². The molecule has 0 radical (unpaired) electrons. The molecule has 2 aromatic rings. The summed E-state index contributed by atoms with van der Waals surface area (Å²) in [5.41, 5.74) is 6.51. The Kier molecular flexibility index (Phi) is 4.35. The molecule has 11 heteroatoms. The van der Waals surface area contributed by atoms with Crippen molar-refractivity contribution in [3.05, 3.63) is 10.2 Å². The molecule has 1 amide bonds. The molecule has 1 aliphatic heterocycles. The van der Waals surface area contributed by atoms with Gasteiger partial charge in [0.25, 0.3) is 5.91 Å². The summed E-state index contributed by atoms with van der Waals surface area (Å²) >= 11 is 1.91. The molecule has 1 fully saturated rings. The lowest BCUT2D eigenvalue weighted by molar-refractivity contribution is -0.137. The van der Waals surface area contributed by atoms with Crippen LogP contribution in [0.1, 0.15) is 13.2 Å². The highest BCUT2D eigenvalue weighted by molar-refractivity contribution is 14.1. The molecule has 23 heavy (non-hydrogen) atoms. The molecule has 3 heterocycles. The Morgan fingerprint density at radius 2 is 2.22 bits per heavy atom. The van der Waals surface area contributed by atoms with Crippen molar-refractivity contribution in [1.29, 1.82) is 0 Å². The normalized spacial score (nSPS) is 27.5. The zero-order valence-electron chi connectivity index (χ0n) is 12.0. The van der Waals surface area contributed by atoms with E-state index in [0.717, 1.165) is 0 Å². The molecule has 124 valence electrons. The van der Waals surface area contributed by atoms with Gasteiger partial charge >= 0.3 is 0 Å². The standard InChI is InChI=1S/C12H15IN6O4/c1-2-15-10(22)7-5(20)6(21)11(23-7)19-3-16-4-8(14)17-12(13)18-9(4)19/h3,5-7,11,20-21H,2H2,1H3,(H,15,22)(H2,14,17,18)/t5-,6+,7-,11+/m0/s1. The second-order valence-electron chi connectivity index (χ2n) is 5.02. The molecule has 0 unspecified atom stereocenters. The summed E-state index contributed by atoms with van der Waals surface area (Å²) in [5.74, 6) is -0.291. The van der Waals surface area contributed by atoms with Crippen LogP contribution in [-0.2, 0) is 9.53 Å². The third-order valence-electron chi connectivity index (χ3n) is 3.54. The Morgan fingerprint density at radius 1 is 1.48 bits per heavy atom. The highest BCUT2D eigenvalue weighted by Crippen LogP contribution is 2.32. The molecule has 0 aliphatic carbocycles. The van der Waals surface area contributed by atoms with Crippen LogP contribution in [0.25, 0.3) is 11.2 Å². The van der Waals surface area contributed by atoms with Crippen molar-refractivity contribution in [2.24, 2.45) is 0 Å². The van der Waals surface area contributed by atoms with Gasteiger partial charge < -0.3 is 26.0 Å². The van der Waals surface area contributed by atoms with Crippen molar-refractivity contribution in [1.82, 2.24) is 24.8 Å². The molecule has 0 saturated carbocycles. The Labute approximate surface area is 144 Å². The Morgan fingerprint density at radius 3 is 2.91 bits per heavy atom. The fourth-order valence-electron chi connectivity index (χ4n) is 2.48. The van der Waals surface area contributed by atoms with Crippen LogP contribution in [0, 0.1) is 3.83 Å². The SMILES string of the molecule is CCNC(=O)[C@H]1O[C@@H](n2cnc3c(N)nc(I)nc32)[C@H](O)[C@@H]1O. The van der Waals surface area contributed by atoms with E-state index < -0.39 is 30.4 Å². The number of carbonyl (C=O) groups is 1. The number of carbonyl (C=O) groups excluding carboxylic acids is 1. The van der Waals surface area contributed by atoms with Gasteiger partial charge in [-0.1, -0.05) is 0 Å². The van der Waals surface area contributed by atoms with Gasteiger partial charge in [0.05, 0.1) is 6.33 Å². The molecule has 2 aromatic heterocycles. The molecular formula is C12H15IN6O4. The minimum absolute atomic E-state index is 0.200. The molecule has 10 nitrogen and oxygen atoms in total. The predicted octanol–water partition coefficient (Wildman–Crippen LogP) is -1.23. The zero-order valence-corrected chi connectivity index (χ0v) is 14.2. The number of halogens is 1. The monoisotopic (exact) mass is 434 g/mol.